The van der Waals surface area contributed by atoms with Crippen LogP contribution in [0.2, 0.25) is 0 Å². The highest BCUT2D eigenvalue weighted by Gasteiger charge is 2.14. The van der Waals surface area contributed by atoms with Crippen LogP contribution in [0.4, 0.5) is 0 Å². The van der Waals surface area contributed by atoms with Gasteiger partial charge in [0.2, 0.25) is 0 Å². The van der Waals surface area contributed by atoms with Crippen molar-refractivity contribution in [2.75, 3.05) is 0 Å². The zero-order valence-electron chi connectivity index (χ0n) is 32.6. The Kier molecular flexibility index (Phi) is 39.0. The minimum Gasteiger partial charge on any atom is -0.481 e. The standard InChI is InChI=1S/C44H84O4/c1-3-5-7-9-11-12-13-14-15-16-17-18-23-26-29-33-37-41-44(47)48-42(38-34-30-10-8-6-4-2)39-35-31-27-24-21-19-20-22-25-28-32-36-40-43(45)46/h14-15,42H,3-13,16-41H2,1-2H3,(H,45,46)/b15-14-. The Morgan fingerprint density at radius 3 is 1.12 bits per heavy atom. The second kappa shape index (κ2) is 40.1. The molecule has 1 unspecified atom stereocenters. The summed E-state index contributed by atoms with van der Waals surface area (Å²) in [5, 5.41) is 8.70. The van der Waals surface area contributed by atoms with E-state index >= 15 is 0 Å². The molecule has 0 aliphatic carbocycles. The first-order valence-corrected chi connectivity index (χ1v) is 21.7. The Balaban J connectivity index is 3.88. The molecule has 0 spiro atoms. The number of hydrogen-bond donors (Lipinski definition) is 1. The van der Waals surface area contributed by atoms with Crippen LogP contribution < -0.4 is 0 Å². The monoisotopic (exact) mass is 677 g/mol. The van der Waals surface area contributed by atoms with Crippen LogP contribution in [0.5, 0.6) is 0 Å². The summed E-state index contributed by atoms with van der Waals surface area (Å²) in [4.78, 5) is 23.3. The number of allylic oxidation sites excluding steroid dienone is 2. The molecule has 0 radical (unpaired) electrons. The van der Waals surface area contributed by atoms with E-state index in [4.69, 9.17) is 9.84 Å². The van der Waals surface area contributed by atoms with Crippen LogP contribution in [-0.2, 0) is 14.3 Å². The second-order valence-electron chi connectivity index (χ2n) is 14.9. The first kappa shape index (κ1) is 46.7. The van der Waals surface area contributed by atoms with E-state index in [1.165, 1.54) is 186 Å². The van der Waals surface area contributed by atoms with Crippen LogP contribution in [0, 0.1) is 0 Å². The molecule has 0 saturated carbocycles. The van der Waals surface area contributed by atoms with Gasteiger partial charge in [-0.1, -0.05) is 187 Å². The molecule has 4 heteroatoms. The Hall–Kier alpha value is -1.32. The SMILES string of the molecule is CCCCCCCC/C=C\CCCCCCCCCC(=O)OC(CCCCCCCC)CCCCCCCCCCCCCCC(=O)O. The van der Waals surface area contributed by atoms with Crippen molar-refractivity contribution in [1.82, 2.24) is 0 Å². The molecule has 0 aromatic rings. The molecule has 0 aromatic heterocycles. The van der Waals surface area contributed by atoms with Crippen molar-refractivity contribution in [3.63, 3.8) is 0 Å². The molecule has 0 aromatic carbocycles. The second-order valence-corrected chi connectivity index (χ2v) is 14.9. The largest absolute Gasteiger partial charge is 0.481 e. The minimum absolute atomic E-state index is 0.0422. The zero-order valence-corrected chi connectivity index (χ0v) is 32.6. The fourth-order valence-corrected chi connectivity index (χ4v) is 6.77. The Labute approximate surface area is 300 Å². The first-order valence-electron chi connectivity index (χ1n) is 21.7. The highest BCUT2D eigenvalue weighted by atomic mass is 16.5. The van der Waals surface area contributed by atoms with Gasteiger partial charge in [-0.25, -0.2) is 0 Å². The summed E-state index contributed by atoms with van der Waals surface area (Å²) in [6, 6.07) is 0. The van der Waals surface area contributed by atoms with Gasteiger partial charge >= 0.3 is 11.9 Å². The molecule has 4 nitrogen and oxygen atoms in total. The highest BCUT2D eigenvalue weighted by Crippen LogP contribution is 2.19. The quantitative estimate of drug-likeness (QED) is 0.0398. The average Bonchev–Trinajstić information content (AvgIpc) is 3.07. The third kappa shape index (κ3) is 39.1. The van der Waals surface area contributed by atoms with Gasteiger partial charge in [0, 0.05) is 12.8 Å². The van der Waals surface area contributed by atoms with Crippen LogP contribution in [0.1, 0.15) is 251 Å². The molecule has 0 bridgehead atoms. The summed E-state index contributed by atoms with van der Waals surface area (Å²) in [7, 11) is 0. The molecule has 0 saturated heterocycles. The lowest BCUT2D eigenvalue weighted by Gasteiger charge is -2.18. The van der Waals surface area contributed by atoms with Crippen LogP contribution in [-0.4, -0.2) is 23.1 Å². The normalized spacial score (nSPS) is 12.2. The summed E-state index contributed by atoms with van der Waals surface area (Å²) in [5.41, 5.74) is 0. The van der Waals surface area contributed by atoms with Crippen molar-refractivity contribution >= 4 is 11.9 Å². The molecule has 1 atom stereocenters. The predicted molar refractivity (Wildman–Crippen MR) is 209 cm³/mol. The van der Waals surface area contributed by atoms with Crippen molar-refractivity contribution < 1.29 is 19.4 Å². The number of carbonyl (C=O) groups excluding carboxylic acids is 1. The number of rotatable bonds is 40. The Morgan fingerprint density at radius 2 is 0.750 bits per heavy atom. The van der Waals surface area contributed by atoms with Gasteiger partial charge in [0.25, 0.3) is 0 Å². The van der Waals surface area contributed by atoms with Gasteiger partial charge in [-0.3, -0.25) is 9.59 Å². The van der Waals surface area contributed by atoms with Gasteiger partial charge in [0.05, 0.1) is 0 Å². The summed E-state index contributed by atoms with van der Waals surface area (Å²) < 4.78 is 6.05. The van der Waals surface area contributed by atoms with Crippen LogP contribution in [0.25, 0.3) is 0 Å². The maximum Gasteiger partial charge on any atom is 0.306 e. The van der Waals surface area contributed by atoms with Crippen LogP contribution in [0.3, 0.4) is 0 Å². The van der Waals surface area contributed by atoms with Crippen molar-refractivity contribution in [1.29, 1.82) is 0 Å². The molecule has 0 amide bonds. The van der Waals surface area contributed by atoms with E-state index in [9.17, 15) is 9.59 Å². The summed E-state index contributed by atoms with van der Waals surface area (Å²) in [6.45, 7) is 4.55. The molecular weight excluding hydrogens is 592 g/mol. The number of carbonyl (C=O) groups is 2. The zero-order chi connectivity index (χ0) is 35.0. The smallest absolute Gasteiger partial charge is 0.306 e. The number of hydrogen-bond acceptors (Lipinski definition) is 3. The number of ether oxygens (including phenoxy) is 1. The molecule has 0 rings (SSSR count). The van der Waals surface area contributed by atoms with E-state index in [2.05, 4.69) is 26.0 Å². The van der Waals surface area contributed by atoms with Gasteiger partial charge in [-0.15, -0.1) is 0 Å². The lowest BCUT2D eigenvalue weighted by atomic mass is 10.0. The lowest BCUT2D eigenvalue weighted by Crippen LogP contribution is -2.18. The maximum absolute atomic E-state index is 12.7. The lowest BCUT2D eigenvalue weighted by molar-refractivity contribution is -0.150. The van der Waals surface area contributed by atoms with Gasteiger partial charge in [-0.2, -0.15) is 0 Å². The summed E-state index contributed by atoms with van der Waals surface area (Å²) in [6.07, 6.45) is 49.7. The number of carboxylic acid groups (broad SMARTS) is 1. The molecule has 0 heterocycles. The molecule has 1 N–H and O–H groups in total. The average molecular weight is 677 g/mol. The third-order valence-electron chi connectivity index (χ3n) is 9.99. The summed E-state index contributed by atoms with van der Waals surface area (Å²) in [5.74, 6) is -0.625. The van der Waals surface area contributed by atoms with Gasteiger partial charge in [0.15, 0.2) is 0 Å². The van der Waals surface area contributed by atoms with Crippen LogP contribution in [0.15, 0.2) is 12.2 Å². The van der Waals surface area contributed by atoms with E-state index in [-0.39, 0.29) is 12.1 Å². The van der Waals surface area contributed by atoms with Crippen molar-refractivity contribution in [2.24, 2.45) is 0 Å². The number of aliphatic carboxylic acids is 1. The topological polar surface area (TPSA) is 63.6 Å². The van der Waals surface area contributed by atoms with Crippen LogP contribution >= 0.6 is 0 Å². The number of carboxylic acids is 1. The van der Waals surface area contributed by atoms with Crippen molar-refractivity contribution in [3.05, 3.63) is 12.2 Å². The molecule has 0 fully saturated rings. The molecule has 0 aliphatic rings. The van der Waals surface area contributed by atoms with Crippen molar-refractivity contribution in [3.8, 4) is 0 Å². The third-order valence-corrected chi connectivity index (χ3v) is 9.99. The van der Waals surface area contributed by atoms with E-state index in [1.807, 2.05) is 0 Å². The van der Waals surface area contributed by atoms with Gasteiger partial charge < -0.3 is 9.84 Å². The van der Waals surface area contributed by atoms with Crippen molar-refractivity contribution in [2.45, 2.75) is 258 Å². The van der Waals surface area contributed by atoms with Gasteiger partial charge in [-0.05, 0) is 64.2 Å². The van der Waals surface area contributed by atoms with E-state index in [0.717, 1.165) is 38.5 Å². The minimum atomic E-state index is -0.668. The highest BCUT2D eigenvalue weighted by molar-refractivity contribution is 5.69. The molecule has 48 heavy (non-hydrogen) atoms. The van der Waals surface area contributed by atoms with Gasteiger partial charge in [0.1, 0.15) is 6.10 Å². The van der Waals surface area contributed by atoms with E-state index in [0.29, 0.717) is 12.8 Å². The maximum atomic E-state index is 12.7. The number of unbranched alkanes of at least 4 members (excludes halogenated alkanes) is 29. The fourth-order valence-electron chi connectivity index (χ4n) is 6.77. The Bertz CT molecular complexity index is 687. The molecular formula is C44H84O4. The van der Waals surface area contributed by atoms with E-state index in [1.54, 1.807) is 0 Å². The molecule has 0 aliphatic heterocycles. The van der Waals surface area contributed by atoms with E-state index < -0.39 is 5.97 Å². The Morgan fingerprint density at radius 1 is 0.438 bits per heavy atom. The predicted octanol–water partition coefficient (Wildman–Crippen LogP) is 15.0. The molecule has 284 valence electrons. The fraction of sp³-hybridized carbons (Fsp3) is 0.909. The summed E-state index contributed by atoms with van der Waals surface area (Å²) >= 11 is 0. The number of esters is 1. The first-order chi connectivity index (χ1) is 23.6.